The summed E-state index contributed by atoms with van der Waals surface area (Å²) < 4.78 is 27.4. The second-order valence-corrected chi connectivity index (χ2v) is 13.7. The van der Waals surface area contributed by atoms with Crippen molar-refractivity contribution in [1.29, 1.82) is 0 Å². The van der Waals surface area contributed by atoms with Gasteiger partial charge in [0.25, 0.3) is 0 Å². The van der Waals surface area contributed by atoms with E-state index in [0.29, 0.717) is 35.5 Å². The molecule has 0 bridgehead atoms. The fourth-order valence-corrected chi connectivity index (χ4v) is 7.70. The lowest BCUT2D eigenvalue weighted by molar-refractivity contribution is -0.0121. The number of hydrogen-bond donors (Lipinski definition) is 1. The van der Waals surface area contributed by atoms with E-state index in [1.165, 1.54) is 12.8 Å². The van der Waals surface area contributed by atoms with E-state index in [4.69, 9.17) is 9.05 Å². The van der Waals surface area contributed by atoms with Crippen LogP contribution in [0.3, 0.4) is 0 Å². The molecule has 0 amide bonds. The van der Waals surface area contributed by atoms with Gasteiger partial charge < -0.3 is 14.2 Å². The molecule has 3 rings (SSSR count). The highest BCUT2D eigenvalue weighted by Crippen LogP contribution is 2.59. The van der Waals surface area contributed by atoms with Crippen molar-refractivity contribution in [3.63, 3.8) is 0 Å². The highest BCUT2D eigenvalue weighted by Gasteiger charge is 2.45. The third-order valence-corrected chi connectivity index (χ3v) is 10.0. The Bertz CT molecular complexity index is 783. The van der Waals surface area contributed by atoms with Gasteiger partial charge in [-0.2, -0.15) is 0 Å². The second kappa shape index (κ2) is 12.3. The maximum absolute atomic E-state index is 14.5. The first-order valence-corrected chi connectivity index (χ1v) is 15.1. The van der Waals surface area contributed by atoms with Crippen molar-refractivity contribution in [3.05, 3.63) is 42.0 Å². The summed E-state index contributed by atoms with van der Waals surface area (Å²) in [6.07, 6.45) is 9.28. The van der Waals surface area contributed by atoms with Crippen molar-refractivity contribution in [2.24, 2.45) is 35.5 Å². The minimum Gasteiger partial charge on any atom is -0.377 e. The standard InChI is InChI=1S/C29H47O4P/c1-20(2)25-15-12-22(5)18-27(25)32-34(31,29(30)17-14-24-10-8-7-9-11-24)33-28-19-23(6)13-16-26(28)21(3)4/h7-11,14,17,20-23,25-30H,12-13,15-16,18-19H2,1-6H3. The quantitative estimate of drug-likeness (QED) is 0.355. The zero-order chi connectivity index (χ0) is 24.9. The zero-order valence-corrected chi connectivity index (χ0v) is 23.0. The van der Waals surface area contributed by atoms with Gasteiger partial charge in [-0.3, -0.25) is 4.57 Å². The van der Waals surface area contributed by atoms with Crippen LogP contribution in [0.2, 0.25) is 0 Å². The predicted molar refractivity (Wildman–Crippen MR) is 142 cm³/mol. The molecule has 7 atom stereocenters. The van der Waals surface area contributed by atoms with Gasteiger partial charge in [0.1, 0.15) is 0 Å². The second-order valence-electron chi connectivity index (χ2n) is 11.7. The summed E-state index contributed by atoms with van der Waals surface area (Å²) >= 11 is 0. The summed E-state index contributed by atoms with van der Waals surface area (Å²) in [5, 5.41) is 11.3. The van der Waals surface area contributed by atoms with Crippen LogP contribution in [-0.4, -0.2) is 23.2 Å². The molecule has 2 fully saturated rings. The molecule has 34 heavy (non-hydrogen) atoms. The number of rotatable bonds is 9. The van der Waals surface area contributed by atoms with Gasteiger partial charge >= 0.3 is 7.60 Å². The van der Waals surface area contributed by atoms with E-state index in [0.717, 1.165) is 31.2 Å². The highest BCUT2D eigenvalue weighted by atomic mass is 31.2. The van der Waals surface area contributed by atoms with Crippen LogP contribution in [0, 0.1) is 35.5 Å². The molecule has 2 aliphatic rings. The van der Waals surface area contributed by atoms with E-state index in [1.807, 2.05) is 36.4 Å². The van der Waals surface area contributed by atoms with Crippen LogP contribution in [0.15, 0.2) is 36.4 Å². The average Bonchev–Trinajstić information content (AvgIpc) is 2.77. The molecule has 2 saturated carbocycles. The van der Waals surface area contributed by atoms with Gasteiger partial charge in [0, 0.05) is 0 Å². The average molecular weight is 491 g/mol. The van der Waals surface area contributed by atoms with E-state index >= 15 is 0 Å². The Balaban J connectivity index is 1.89. The van der Waals surface area contributed by atoms with E-state index < -0.39 is 13.4 Å². The first-order chi connectivity index (χ1) is 16.1. The summed E-state index contributed by atoms with van der Waals surface area (Å²) in [7, 11) is -3.82. The van der Waals surface area contributed by atoms with Crippen LogP contribution in [0.4, 0.5) is 0 Å². The summed E-state index contributed by atoms with van der Waals surface area (Å²) in [6, 6.07) is 9.78. The molecule has 0 heterocycles. The maximum atomic E-state index is 14.5. The van der Waals surface area contributed by atoms with Crippen LogP contribution >= 0.6 is 7.60 Å². The molecule has 1 aromatic rings. The molecule has 2 aliphatic carbocycles. The number of aliphatic hydroxyl groups is 1. The maximum Gasteiger partial charge on any atom is 0.363 e. The summed E-state index contributed by atoms with van der Waals surface area (Å²) in [5.41, 5.74) is 0.950. The van der Waals surface area contributed by atoms with Crippen molar-refractivity contribution < 1.29 is 18.7 Å². The summed E-state index contributed by atoms with van der Waals surface area (Å²) in [4.78, 5) is 0. The molecule has 192 valence electrons. The van der Waals surface area contributed by atoms with E-state index in [9.17, 15) is 9.67 Å². The van der Waals surface area contributed by atoms with Gasteiger partial charge in [-0.15, -0.1) is 0 Å². The molecule has 0 saturated heterocycles. The molecule has 7 unspecified atom stereocenters. The van der Waals surface area contributed by atoms with Crippen molar-refractivity contribution in [2.45, 2.75) is 98.1 Å². The summed E-state index contributed by atoms with van der Waals surface area (Å²) in [6.45, 7) is 13.3. The number of benzene rings is 1. The monoisotopic (exact) mass is 490 g/mol. The van der Waals surface area contributed by atoms with Crippen LogP contribution in [0.1, 0.15) is 85.6 Å². The van der Waals surface area contributed by atoms with E-state index in [1.54, 1.807) is 6.08 Å². The first-order valence-electron chi connectivity index (χ1n) is 13.5. The van der Waals surface area contributed by atoms with E-state index in [-0.39, 0.29) is 12.2 Å². The highest BCUT2D eigenvalue weighted by molar-refractivity contribution is 7.54. The Labute approximate surface area is 208 Å². The Hall–Kier alpha value is -0.930. The Morgan fingerprint density at radius 2 is 1.32 bits per heavy atom. The van der Waals surface area contributed by atoms with Gasteiger partial charge in [-0.25, -0.2) is 0 Å². The molecule has 0 spiro atoms. The summed E-state index contributed by atoms with van der Waals surface area (Å²) in [5.74, 6) is 1.26. The fraction of sp³-hybridized carbons (Fsp3) is 0.724. The smallest absolute Gasteiger partial charge is 0.363 e. The van der Waals surface area contributed by atoms with Gasteiger partial charge in [-0.1, -0.05) is 90.8 Å². The van der Waals surface area contributed by atoms with Gasteiger partial charge in [-0.05, 0) is 72.8 Å². The van der Waals surface area contributed by atoms with Crippen molar-refractivity contribution in [2.75, 3.05) is 0 Å². The lowest BCUT2D eigenvalue weighted by Gasteiger charge is -2.42. The lowest BCUT2D eigenvalue weighted by Crippen LogP contribution is -2.37. The molecule has 4 nitrogen and oxygen atoms in total. The minimum absolute atomic E-state index is 0.159. The Morgan fingerprint density at radius 1 is 0.853 bits per heavy atom. The predicted octanol–water partition coefficient (Wildman–Crippen LogP) is 8.17. The molecular formula is C29H47O4P. The van der Waals surface area contributed by atoms with Crippen LogP contribution in [0.5, 0.6) is 0 Å². The van der Waals surface area contributed by atoms with Crippen molar-refractivity contribution in [1.82, 2.24) is 0 Å². The van der Waals surface area contributed by atoms with Crippen LogP contribution in [0.25, 0.3) is 6.08 Å². The Kier molecular flexibility index (Phi) is 10.0. The minimum atomic E-state index is -3.82. The molecule has 0 aromatic heterocycles. The van der Waals surface area contributed by atoms with E-state index in [2.05, 4.69) is 41.5 Å². The Morgan fingerprint density at radius 3 is 1.76 bits per heavy atom. The lowest BCUT2D eigenvalue weighted by atomic mass is 9.75. The van der Waals surface area contributed by atoms with Gasteiger partial charge in [0.15, 0.2) is 5.85 Å². The number of aliphatic hydroxyl groups excluding tert-OH is 1. The van der Waals surface area contributed by atoms with Crippen LogP contribution < -0.4 is 0 Å². The van der Waals surface area contributed by atoms with Gasteiger partial charge in [0.05, 0.1) is 12.2 Å². The normalized spacial score (nSPS) is 33.3. The third kappa shape index (κ3) is 7.29. The molecule has 1 aromatic carbocycles. The molecule has 0 radical (unpaired) electrons. The molecule has 0 aliphatic heterocycles. The zero-order valence-electron chi connectivity index (χ0n) is 22.1. The molecule has 5 heteroatoms. The largest absolute Gasteiger partial charge is 0.377 e. The first kappa shape index (κ1) is 27.7. The SMILES string of the molecule is CC1CCC(C(C)C)C(OP(=O)(OC2CC(C)CCC2C(C)C)C(O)C=Cc2ccccc2)C1. The molecular weight excluding hydrogens is 443 g/mol. The number of hydrogen-bond acceptors (Lipinski definition) is 4. The topological polar surface area (TPSA) is 55.8 Å². The van der Waals surface area contributed by atoms with Crippen molar-refractivity contribution in [3.8, 4) is 0 Å². The third-order valence-electron chi connectivity index (χ3n) is 8.07. The van der Waals surface area contributed by atoms with Crippen LogP contribution in [-0.2, 0) is 13.6 Å². The van der Waals surface area contributed by atoms with Gasteiger partial charge in [0.2, 0.25) is 0 Å². The fourth-order valence-electron chi connectivity index (χ4n) is 5.87. The molecule has 1 N–H and O–H groups in total. The van der Waals surface area contributed by atoms with Crippen molar-refractivity contribution >= 4 is 13.7 Å².